The predicted octanol–water partition coefficient (Wildman–Crippen LogP) is 2.62. The highest BCUT2D eigenvalue weighted by Crippen LogP contribution is 2.13. The van der Waals surface area contributed by atoms with Crippen molar-refractivity contribution in [2.75, 3.05) is 26.2 Å². The van der Waals surface area contributed by atoms with E-state index in [1.165, 1.54) is 4.88 Å². The van der Waals surface area contributed by atoms with Crippen LogP contribution in [0.25, 0.3) is 0 Å². The molecule has 2 heterocycles. The quantitative estimate of drug-likeness (QED) is 0.828. The Bertz CT molecular complexity index is 381. The third kappa shape index (κ3) is 4.32. The molecule has 0 bridgehead atoms. The highest BCUT2D eigenvalue weighted by Gasteiger charge is 2.21. The molecule has 1 saturated heterocycles. The first-order chi connectivity index (χ1) is 9.16. The van der Waals surface area contributed by atoms with Crippen LogP contribution in [0.2, 0.25) is 0 Å². The molecule has 0 atom stereocenters. The van der Waals surface area contributed by atoms with Crippen molar-refractivity contribution in [2.45, 2.75) is 39.2 Å². The molecule has 106 valence electrons. The van der Waals surface area contributed by atoms with Gasteiger partial charge in [-0.1, -0.05) is 6.07 Å². The summed E-state index contributed by atoms with van der Waals surface area (Å²) < 4.78 is 0. The van der Waals surface area contributed by atoms with Gasteiger partial charge in [0.1, 0.15) is 0 Å². The maximum atomic E-state index is 12.1. The van der Waals surface area contributed by atoms with E-state index in [4.69, 9.17) is 0 Å². The van der Waals surface area contributed by atoms with E-state index in [2.05, 4.69) is 36.3 Å². The topological polar surface area (TPSA) is 23.6 Å². The van der Waals surface area contributed by atoms with Crippen molar-refractivity contribution in [3.8, 4) is 0 Å². The number of hydrogen-bond acceptors (Lipinski definition) is 3. The number of hydrogen-bond donors (Lipinski definition) is 0. The first-order valence-corrected chi connectivity index (χ1v) is 8.09. The van der Waals surface area contributed by atoms with Gasteiger partial charge >= 0.3 is 0 Å². The predicted molar refractivity (Wildman–Crippen MR) is 80.5 cm³/mol. The Morgan fingerprint density at radius 3 is 2.63 bits per heavy atom. The second kappa shape index (κ2) is 7.06. The molecular formula is C15H24N2OS. The number of amides is 1. The van der Waals surface area contributed by atoms with Crippen LogP contribution >= 0.6 is 11.3 Å². The van der Waals surface area contributed by atoms with Gasteiger partial charge in [-0.25, -0.2) is 0 Å². The second-order valence-electron chi connectivity index (χ2n) is 5.44. The van der Waals surface area contributed by atoms with Gasteiger partial charge in [0.25, 0.3) is 0 Å². The minimum atomic E-state index is 0.333. The number of carbonyl (C=O) groups is 1. The summed E-state index contributed by atoms with van der Waals surface area (Å²) in [4.78, 5) is 18.0. The van der Waals surface area contributed by atoms with E-state index in [1.54, 1.807) is 11.3 Å². The van der Waals surface area contributed by atoms with Gasteiger partial charge in [0.05, 0.1) is 0 Å². The third-order valence-electron chi connectivity index (χ3n) is 3.79. The zero-order valence-electron chi connectivity index (χ0n) is 12.0. The fraction of sp³-hybridized carbons (Fsp3) is 0.667. The molecule has 0 N–H and O–H groups in total. The number of nitrogens with zero attached hydrogens (tertiary/aromatic N) is 2. The van der Waals surface area contributed by atoms with Crippen LogP contribution in [0, 0.1) is 0 Å². The highest BCUT2D eigenvalue weighted by molar-refractivity contribution is 7.09. The minimum absolute atomic E-state index is 0.333. The van der Waals surface area contributed by atoms with Crippen molar-refractivity contribution in [2.24, 2.45) is 0 Å². The third-order valence-corrected chi connectivity index (χ3v) is 4.73. The van der Waals surface area contributed by atoms with Crippen molar-refractivity contribution in [3.05, 3.63) is 22.4 Å². The zero-order chi connectivity index (χ0) is 13.7. The molecule has 0 saturated carbocycles. The van der Waals surface area contributed by atoms with Gasteiger partial charge in [-0.05, 0) is 38.1 Å². The summed E-state index contributed by atoms with van der Waals surface area (Å²) >= 11 is 1.78. The molecule has 1 aliphatic heterocycles. The van der Waals surface area contributed by atoms with Crippen molar-refractivity contribution >= 4 is 17.2 Å². The fourth-order valence-electron chi connectivity index (χ4n) is 2.51. The lowest BCUT2D eigenvalue weighted by Crippen LogP contribution is -2.50. The molecule has 1 aromatic heterocycles. The minimum Gasteiger partial charge on any atom is -0.340 e. The number of rotatable bonds is 5. The van der Waals surface area contributed by atoms with Crippen LogP contribution < -0.4 is 0 Å². The van der Waals surface area contributed by atoms with E-state index in [9.17, 15) is 4.79 Å². The summed E-state index contributed by atoms with van der Waals surface area (Å²) in [5.74, 6) is 0.333. The summed E-state index contributed by atoms with van der Waals surface area (Å²) in [5.41, 5.74) is 0. The van der Waals surface area contributed by atoms with Gasteiger partial charge in [-0.15, -0.1) is 11.3 Å². The van der Waals surface area contributed by atoms with Crippen LogP contribution in [0.4, 0.5) is 0 Å². The lowest BCUT2D eigenvalue weighted by atomic mass is 10.2. The molecule has 1 aromatic rings. The Kier molecular flexibility index (Phi) is 5.40. The molecule has 0 unspecified atom stereocenters. The summed E-state index contributed by atoms with van der Waals surface area (Å²) in [6, 6.07) is 4.82. The molecule has 1 amide bonds. The molecule has 4 heteroatoms. The normalized spacial score (nSPS) is 17.1. The summed E-state index contributed by atoms with van der Waals surface area (Å²) in [5, 5.41) is 2.10. The molecule has 0 radical (unpaired) electrons. The van der Waals surface area contributed by atoms with E-state index >= 15 is 0 Å². The van der Waals surface area contributed by atoms with Crippen LogP contribution in [0.1, 0.15) is 31.6 Å². The summed E-state index contributed by atoms with van der Waals surface area (Å²) in [7, 11) is 0. The van der Waals surface area contributed by atoms with Gasteiger partial charge in [0.15, 0.2) is 0 Å². The largest absolute Gasteiger partial charge is 0.340 e. The Morgan fingerprint density at radius 1 is 1.32 bits per heavy atom. The standard InChI is InChI=1S/C15H24N2OS/c1-13(2)16-8-10-17(11-9-16)15(18)7-3-5-14-6-4-12-19-14/h4,6,12-13H,3,5,7-11H2,1-2H3. The van der Waals surface area contributed by atoms with Crippen LogP contribution in [0.3, 0.4) is 0 Å². The van der Waals surface area contributed by atoms with Crippen LogP contribution in [0.5, 0.6) is 0 Å². The van der Waals surface area contributed by atoms with Crippen molar-refractivity contribution in [1.29, 1.82) is 0 Å². The first kappa shape index (κ1) is 14.5. The Morgan fingerprint density at radius 2 is 2.05 bits per heavy atom. The Hall–Kier alpha value is -0.870. The second-order valence-corrected chi connectivity index (χ2v) is 6.48. The van der Waals surface area contributed by atoms with Crippen LogP contribution in [-0.2, 0) is 11.2 Å². The van der Waals surface area contributed by atoms with E-state index in [0.717, 1.165) is 39.0 Å². The average Bonchev–Trinajstić information content (AvgIpc) is 2.92. The maximum absolute atomic E-state index is 12.1. The molecule has 1 fully saturated rings. The fourth-order valence-corrected chi connectivity index (χ4v) is 3.27. The lowest BCUT2D eigenvalue weighted by Gasteiger charge is -2.37. The van der Waals surface area contributed by atoms with Gasteiger partial charge in [-0.3, -0.25) is 9.69 Å². The molecule has 3 nitrogen and oxygen atoms in total. The average molecular weight is 280 g/mol. The number of aryl methyl sites for hydroxylation is 1. The van der Waals surface area contributed by atoms with Crippen molar-refractivity contribution in [1.82, 2.24) is 9.80 Å². The molecule has 0 aliphatic carbocycles. The SMILES string of the molecule is CC(C)N1CCN(C(=O)CCCc2cccs2)CC1. The molecular weight excluding hydrogens is 256 g/mol. The van der Waals surface area contributed by atoms with E-state index in [-0.39, 0.29) is 0 Å². The molecule has 0 spiro atoms. The molecule has 19 heavy (non-hydrogen) atoms. The Balaban J connectivity index is 1.67. The van der Waals surface area contributed by atoms with Crippen LogP contribution in [0.15, 0.2) is 17.5 Å². The Labute approximate surface area is 120 Å². The molecule has 1 aliphatic rings. The summed E-state index contributed by atoms with van der Waals surface area (Å²) in [6.07, 6.45) is 2.71. The highest BCUT2D eigenvalue weighted by atomic mass is 32.1. The van der Waals surface area contributed by atoms with E-state index < -0.39 is 0 Å². The summed E-state index contributed by atoms with van der Waals surface area (Å²) in [6.45, 7) is 8.28. The van der Waals surface area contributed by atoms with E-state index in [0.29, 0.717) is 18.4 Å². The number of piperazine rings is 1. The molecule has 0 aromatic carbocycles. The monoisotopic (exact) mass is 280 g/mol. The lowest BCUT2D eigenvalue weighted by molar-refractivity contribution is -0.133. The van der Waals surface area contributed by atoms with E-state index in [1.807, 2.05) is 4.90 Å². The number of thiophene rings is 1. The van der Waals surface area contributed by atoms with Gasteiger partial charge < -0.3 is 4.90 Å². The van der Waals surface area contributed by atoms with Crippen molar-refractivity contribution < 1.29 is 4.79 Å². The van der Waals surface area contributed by atoms with Crippen LogP contribution in [-0.4, -0.2) is 47.9 Å². The number of carbonyl (C=O) groups excluding carboxylic acids is 1. The van der Waals surface area contributed by atoms with Gasteiger partial charge in [0, 0.05) is 43.5 Å². The maximum Gasteiger partial charge on any atom is 0.222 e. The van der Waals surface area contributed by atoms with Gasteiger partial charge in [-0.2, -0.15) is 0 Å². The smallest absolute Gasteiger partial charge is 0.222 e. The van der Waals surface area contributed by atoms with Crippen molar-refractivity contribution in [3.63, 3.8) is 0 Å². The molecule has 2 rings (SSSR count). The van der Waals surface area contributed by atoms with Gasteiger partial charge in [0.2, 0.25) is 5.91 Å². The zero-order valence-corrected chi connectivity index (χ0v) is 12.8. The first-order valence-electron chi connectivity index (χ1n) is 7.21.